The summed E-state index contributed by atoms with van der Waals surface area (Å²) in [5, 5.41) is 8.12. The summed E-state index contributed by atoms with van der Waals surface area (Å²) in [6, 6.07) is 7.87. The van der Waals surface area contributed by atoms with Crippen LogP contribution in [-0.4, -0.2) is 122 Å². The van der Waals surface area contributed by atoms with Crippen molar-refractivity contribution >= 4 is 80.1 Å². The molecule has 1 saturated heterocycles. The zero-order valence-electron chi connectivity index (χ0n) is 20.5. The predicted octanol–water partition coefficient (Wildman–Crippen LogP) is -1.32. The van der Waals surface area contributed by atoms with Gasteiger partial charge in [-0.25, -0.2) is 13.5 Å². The Labute approximate surface area is 230 Å². The molecule has 2 N–H and O–H groups in total. The van der Waals surface area contributed by atoms with Gasteiger partial charge in [0.2, 0.25) is 5.95 Å². The molecule has 2 aromatic carbocycles. The van der Waals surface area contributed by atoms with Crippen LogP contribution in [0, 0.1) is 18.6 Å². The number of aliphatic hydroxyl groups excluding tert-OH is 1. The zero-order chi connectivity index (χ0) is 28.3. The van der Waals surface area contributed by atoms with Crippen LogP contribution in [0.5, 0.6) is 0 Å². The molecular weight excluding hydrogens is 477 g/mol. The Hall–Kier alpha value is -2.52. The van der Waals surface area contributed by atoms with Crippen molar-refractivity contribution in [3.63, 3.8) is 0 Å². The third kappa shape index (κ3) is 4.62. The Morgan fingerprint density at radius 2 is 1.39 bits per heavy atom. The van der Waals surface area contributed by atoms with Crippen molar-refractivity contribution in [2.24, 2.45) is 0 Å². The summed E-state index contributed by atoms with van der Waals surface area (Å²) in [5.41, 5.74) is 1.47. The van der Waals surface area contributed by atoms with Gasteiger partial charge in [0, 0.05) is 24.0 Å². The van der Waals surface area contributed by atoms with Crippen LogP contribution >= 0.6 is 0 Å². The summed E-state index contributed by atoms with van der Waals surface area (Å²) in [6.45, 7) is 1.08. The van der Waals surface area contributed by atoms with Gasteiger partial charge >= 0.3 is 0 Å². The van der Waals surface area contributed by atoms with Crippen molar-refractivity contribution in [3.8, 4) is 5.69 Å². The average Bonchev–Trinajstić information content (AvgIpc) is 3.23. The molecular formula is C21H16B8F2N6O. The van der Waals surface area contributed by atoms with E-state index in [1.54, 1.807) is 25.1 Å². The minimum absolute atomic E-state index is 0.0940. The maximum atomic E-state index is 13.6. The van der Waals surface area contributed by atoms with Crippen molar-refractivity contribution < 1.29 is 13.9 Å². The van der Waals surface area contributed by atoms with Crippen LogP contribution in [0.3, 0.4) is 0 Å². The van der Waals surface area contributed by atoms with Crippen LogP contribution in [0.1, 0.15) is 5.56 Å². The normalized spacial score (nSPS) is 19.7. The van der Waals surface area contributed by atoms with Gasteiger partial charge in [-0.15, -0.1) is 5.10 Å². The second-order valence-corrected chi connectivity index (χ2v) is 9.33. The van der Waals surface area contributed by atoms with Gasteiger partial charge in [-0.3, -0.25) is 0 Å². The van der Waals surface area contributed by atoms with Gasteiger partial charge in [0.15, 0.2) is 0 Å². The average molecular weight is 493 g/mol. The number of aryl methyl sites for hydroxylation is 1. The third-order valence-corrected chi connectivity index (χ3v) is 6.42. The maximum absolute atomic E-state index is 13.6. The van der Waals surface area contributed by atoms with Crippen LogP contribution in [0.2, 0.25) is 0 Å². The van der Waals surface area contributed by atoms with Gasteiger partial charge in [-0.2, -0.15) is 4.98 Å². The summed E-state index contributed by atoms with van der Waals surface area (Å²) in [5.74, 6) is -1.44. The van der Waals surface area contributed by atoms with E-state index in [2.05, 4.69) is 15.4 Å². The van der Waals surface area contributed by atoms with E-state index in [4.69, 9.17) is 62.8 Å². The summed E-state index contributed by atoms with van der Waals surface area (Å²) in [6.07, 6.45) is 1.28. The molecule has 0 bridgehead atoms. The molecule has 1 aliphatic rings. The molecule has 0 saturated carbocycles. The van der Waals surface area contributed by atoms with Gasteiger partial charge in [-0.05, 0) is 64.2 Å². The number of benzene rings is 2. The number of hydrogen-bond acceptors (Lipinski definition) is 6. The fraction of sp³-hybridized carbons (Fsp3) is 0.333. The van der Waals surface area contributed by atoms with E-state index in [1.165, 1.54) is 11.0 Å². The first-order valence-corrected chi connectivity index (χ1v) is 11.3. The fourth-order valence-corrected chi connectivity index (χ4v) is 4.51. The molecule has 0 amide bonds. The highest BCUT2D eigenvalue weighted by molar-refractivity contribution is 6.62. The summed E-state index contributed by atoms with van der Waals surface area (Å²) >= 11 is 0. The number of nitrogens with one attached hydrogen (secondary N) is 1. The van der Waals surface area contributed by atoms with Crippen LogP contribution in [0.25, 0.3) is 5.69 Å². The highest BCUT2D eigenvalue weighted by Gasteiger charge is 2.59. The first-order chi connectivity index (χ1) is 17.5. The summed E-state index contributed by atoms with van der Waals surface area (Å²) in [4.78, 5) is 6.27. The SMILES string of the molecule is [B]C1([B])N(CCO)C([B])([B])C([B])([B])N(c2cc(C)cc(Nc3ncn(-c4cc(F)cc(F)c4)n3)c2)C1([B])[B]. The molecule has 0 aliphatic carbocycles. The number of rotatable bonds is 6. The van der Waals surface area contributed by atoms with E-state index >= 15 is 0 Å². The molecule has 1 aliphatic heterocycles. The lowest BCUT2D eigenvalue weighted by molar-refractivity contribution is 0.0837. The number of nitrogens with zero attached hydrogens (tertiary/aromatic N) is 5. The molecule has 1 aromatic heterocycles. The molecule has 174 valence electrons. The Kier molecular flexibility index (Phi) is 7.19. The minimum Gasteiger partial charge on any atom is -0.395 e. The number of hydrogen-bond donors (Lipinski definition) is 2. The van der Waals surface area contributed by atoms with Crippen LogP contribution < -0.4 is 10.2 Å². The van der Waals surface area contributed by atoms with Crippen LogP contribution in [-0.2, 0) is 0 Å². The van der Waals surface area contributed by atoms with Crippen LogP contribution in [0.15, 0.2) is 42.7 Å². The Balaban J connectivity index is 1.73. The summed E-state index contributed by atoms with van der Waals surface area (Å²) in [7, 11) is 51.1. The van der Waals surface area contributed by atoms with Gasteiger partial charge in [0.25, 0.3) is 0 Å². The molecule has 1 fully saturated rings. The Morgan fingerprint density at radius 3 is 1.95 bits per heavy atom. The molecule has 2 heterocycles. The molecule has 0 unspecified atom stereocenters. The third-order valence-electron chi connectivity index (χ3n) is 6.42. The van der Waals surface area contributed by atoms with Gasteiger partial charge < -0.3 is 20.2 Å². The molecule has 0 spiro atoms. The minimum atomic E-state index is -2.17. The monoisotopic (exact) mass is 494 g/mol. The first-order valence-electron chi connectivity index (χ1n) is 11.3. The van der Waals surface area contributed by atoms with Crippen molar-refractivity contribution in [1.82, 2.24) is 19.7 Å². The second kappa shape index (κ2) is 9.59. The molecule has 3 aromatic rings. The second-order valence-electron chi connectivity index (χ2n) is 9.33. The number of β-amino-alcohol motifs (C(OH)–C–C–N with tert-alkyl or cyclic N) is 1. The van der Waals surface area contributed by atoms with Crippen molar-refractivity contribution in [2.45, 2.75) is 28.3 Å². The van der Waals surface area contributed by atoms with Gasteiger partial charge in [0.1, 0.15) is 18.0 Å². The van der Waals surface area contributed by atoms with E-state index in [9.17, 15) is 13.9 Å². The molecule has 4 rings (SSSR count). The topological polar surface area (TPSA) is 69.5 Å². The largest absolute Gasteiger partial charge is 0.395 e. The van der Waals surface area contributed by atoms with E-state index in [0.717, 1.165) is 28.0 Å². The highest BCUT2D eigenvalue weighted by atomic mass is 19.1. The smallest absolute Gasteiger partial charge is 0.246 e. The van der Waals surface area contributed by atoms with Crippen LogP contribution in [0.4, 0.5) is 26.1 Å². The number of anilines is 3. The molecule has 38 heavy (non-hydrogen) atoms. The summed E-state index contributed by atoms with van der Waals surface area (Å²) < 4.78 is 28.4. The highest BCUT2D eigenvalue weighted by Crippen LogP contribution is 2.45. The lowest BCUT2D eigenvalue weighted by Crippen LogP contribution is -2.92. The fourth-order valence-electron chi connectivity index (χ4n) is 4.51. The Bertz CT molecular complexity index is 1310. The Morgan fingerprint density at radius 1 is 0.816 bits per heavy atom. The number of halogens is 2. The number of aromatic nitrogens is 3. The molecule has 16 radical (unpaired) electrons. The van der Waals surface area contributed by atoms with Gasteiger partial charge in [-0.1, -0.05) is 0 Å². The van der Waals surface area contributed by atoms with E-state index in [1.807, 2.05) is 0 Å². The van der Waals surface area contributed by atoms with Crippen molar-refractivity contribution in [1.29, 1.82) is 0 Å². The maximum Gasteiger partial charge on any atom is 0.246 e. The van der Waals surface area contributed by atoms with E-state index in [-0.39, 0.29) is 23.9 Å². The standard InChI is InChI=1S/C21H16B8F2N6O/c1-11-4-14(33-17-32-10-35(34-17)15-7-12(30)6-13(31)8-15)9-16(5-11)37-20(26,27)18(22,23)36(2-3-38)19(24,25)21(37,28)29/h4-10,38H,2-3H2,1H3,(H,33,34). The zero-order valence-corrected chi connectivity index (χ0v) is 20.5. The van der Waals surface area contributed by atoms with Gasteiger partial charge in [0.05, 0.1) is 75.1 Å². The number of piperazine rings is 1. The predicted molar refractivity (Wildman–Crippen MR) is 149 cm³/mol. The lowest BCUT2D eigenvalue weighted by Gasteiger charge is -2.76. The molecule has 17 heteroatoms. The quantitative estimate of drug-likeness (QED) is 0.416. The number of aliphatic hydroxyl groups is 1. The van der Waals surface area contributed by atoms with Crippen molar-refractivity contribution in [2.75, 3.05) is 23.4 Å². The van der Waals surface area contributed by atoms with E-state index in [0.29, 0.717) is 11.3 Å². The molecule has 7 nitrogen and oxygen atoms in total. The molecule has 0 atom stereocenters. The van der Waals surface area contributed by atoms with E-state index < -0.39 is 39.6 Å². The lowest BCUT2D eigenvalue weighted by atomic mass is 9.26. The van der Waals surface area contributed by atoms with Crippen molar-refractivity contribution in [3.05, 3.63) is 59.9 Å². The first kappa shape index (κ1) is 28.5.